The lowest BCUT2D eigenvalue weighted by Crippen LogP contribution is -2.36. The van der Waals surface area contributed by atoms with Gasteiger partial charge in [-0.25, -0.2) is 4.98 Å². The molecule has 4 rings (SSSR count). The summed E-state index contributed by atoms with van der Waals surface area (Å²) in [6.07, 6.45) is 4.55. The van der Waals surface area contributed by atoms with E-state index in [4.69, 9.17) is 0 Å². The van der Waals surface area contributed by atoms with Crippen molar-refractivity contribution in [2.45, 2.75) is 32.5 Å². The number of piperidine rings is 1. The topological polar surface area (TPSA) is 63.4 Å². The first-order valence-corrected chi connectivity index (χ1v) is 9.69. The largest absolute Gasteiger partial charge is 0.435 e. The van der Waals surface area contributed by atoms with Gasteiger partial charge in [0.05, 0.1) is 5.52 Å². The number of benzene rings is 1. The minimum atomic E-state index is -2.86. The number of hydrogen-bond acceptors (Lipinski definition) is 5. The fourth-order valence-electron chi connectivity index (χ4n) is 4.08. The van der Waals surface area contributed by atoms with Crippen molar-refractivity contribution in [2.24, 2.45) is 13.0 Å². The summed E-state index contributed by atoms with van der Waals surface area (Å²) in [6.45, 7) is 0.567. The molecule has 1 aromatic carbocycles. The van der Waals surface area contributed by atoms with E-state index in [9.17, 15) is 13.9 Å². The van der Waals surface area contributed by atoms with Crippen molar-refractivity contribution in [1.82, 2.24) is 14.5 Å². The van der Waals surface area contributed by atoms with E-state index in [1.165, 1.54) is 6.07 Å². The third-order valence-electron chi connectivity index (χ3n) is 5.56. The van der Waals surface area contributed by atoms with Gasteiger partial charge in [-0.2, -0.15) is 8.78 Å². The Hall–Kier alpha value is -2.74. The molecule has 6 nitrogen and oxygen atoms in total. The molecule has 29 heavy (non-hydrogen) atoms. The molecule has 0 amide bonds. The zero-order chi connectivity index (χ0) is 20.5. The van der Waals surface area contributed by atoms with Crippen molar-refractivity contribution in [3.63, 3.8) is 0 Å². The normalized spacial score (nSPS) is 16.6. The highest BCUT2D eigenvalue weighted by Crippen LogP contribution is 2.35. The second-order valence-electron chi connectivity index (χ2n) is 7.51. The second-order valence-corrected chi connectivity index (χ2v) is 7.51. The summed E-state index contributed by atoms with van der Waals surface area (Å²) in [5, 5.41) is 11.5. The SMILES string of the molecule is Cc1cc(N2CCC(C(O)c3nccn3C)CC2)c2cc(OC(F)F)ccc2n1. The number of nitrogens with zero attached hydrogens (tertiary/aromatic N) is 4. The van der Waals surface area contributed by atoms with Crippen LogP contribution in [0, 0.1) is 12.8 Å². The zero-order valence-electron chi connectivity index (χ0n) is 16.4. The molecular formula is C21H24F2N4O2. The highest BCUT2D eigenvalue weighted by molar-refractivity contribution is 5.93. The van der Waals surface area contributed by atoms with Crippen LogP contribution >= 0.6 is 0 Å². The maximum absolute atomic E-state index is 12.6. The first-order chi connectivity index (χ1) is 13.9. The van der Waals surface area contributed by atoms with Crippen molar-refractivity contribution in [3.8, 4) is 5.75 Å². The monoisotopic (exact) mass is 402 g/mol. The highest BCUT2D eigenvalue weighted by Gasteiger charge is 2.29. The smallest absolute Gasteiger partial charge is 0.387 e. The summed E-state index contributed by atoms with van der Waals surface area (Å²) in [5.41, 5.74) is 2.57. The average Bonchev–Trinajstić information content (AvgIpc) is 3.12. The zero-order valence-corrected chi connectivity index (χ0v) is 16.4. The van der Waals surface area contributed by atoms with E-state index in [2.05, 4.69) is 19.6 Å². The molecule has 1 unspecified atom stereocenters. The first-order valence-electron chi connectivity index (χ1n) is 9.69. The van der Waals surface area contributed by atoms with Crippen LogP contribution in [0.25, 0.3) is 10.9 Å². The van der Waals surface area contributed by atoms with Crippen molar-refractivity contribution in [3.05, 3.63) is 48.2 Å². The van der Waals surface area contributed by atoms with Gasteiger partial charge in [-0.05, 0) is 49.9 Å². The van der Waals surface area contributed by atoms with Gasteiger partial charge in [0.15, 0.2) is 0 Å². The molecule has 8 heteroatoms. The number of hydrogen-bond donors (Lipinski definition) is 1. The number of ether oxygens (including phenoxy) is 1. The minimum absolute atomic E-state index is 0.124. The summed E-state index contributed by atoms with van der Waals surface area (Å²) in [5.74, 6) is 0.932. The molecule has 1 atom stereocenters. The predicted molar refractivity (Wildman–Crippen MR) is 106 cm³/mol. The van der Waals surface area contributed by atoms with Gasteiger partial charge >= 0.3 is 6.61 Å². The molecule has 0 saturated carbocycles. The predicted octanol–water partition coefficient (Wildman–Crippen LogP) is 3.83. The first kappa shape index (κ1) is 19.6. The van der Waals surface area contributed by atoms with Gasteiger partial charge in [-0.1, -0.05) is 0 Å². The number of alkyl halides is 2. The Morgan fingerprint density at radius 2 is 1.97 bits per heavy atom. The summed E-state index contributed by atoms with van der Waals surface area (Å²) < 4.78 is 31.7. The Morgan fingerprint density at radius 1 is 1.21 bits per heavy atom. The molecule has 1 aliphatic heterocycles. The molecule has 1 N–H and O–H groups in total. The molecule has 1 fully saturated rings. The van der Waals surface area contributed by atoms with Crippen molar-refractivity contribution < 1.29 is 18.6 Å². The Labute approximate surface area is 167 Å². The quantitative estimate of drug-likeness (QED) is 0.703. The molecular weight excluding hydrogens is 378 g/mol. The van der Waals surface area contributed by atoms with Crippen LogP contribution in [-0.2, 0) is 7.05 Å². The number of aliphatic hydroxyl groups is 1. The van der Waals surface area contributed by atoms with Gasteiger partial charge in [-0.15, -0.1) is 0 Å². The fraction of sp³-hybridized carbons (Fsp3) is 0.429. The summed E-state index contributed by atoms with van der Waals surface area (Å²) in [7, 11) is 1.88. The lowest BCUT2D eigenvalue weighted by molar-refractivity contribution is -0.0497. The van der Waals surface area contributed by atoms with E-state index < -0.39 is 12.7 Å². The number of aliphatic hydroxyl groups excluding tert-OH is 1. The molecule has 3 heterocycles. The van der Waals surface area contributed by atoms with Crippen LogP contribution < -0.4 is 9.64 Å². The highest BCUT2D eigenvalue weighted by atomic mass is 19.3. The van der Waals surface area contributed by atoms with E-state index in [0.29, 0.717) is 5.82 Å². The minimum Gasteiger partial charge on any atom is -0.435 e. The molecule has 0 radical (unpaired) electrons. The number of fused-ring (bicyclic) bond motifs is 1. The van der Waals surface area contributed by atoms with Crippen LogP contribution in [0.4, 0.5) is 14.5 Å². The Bertz CT molecular complexity index is 1000. The van der Waals surface area contributed by atoms with E-state index in [0.717, 1.165) is 48.2 Å². The Morgan fingerprint density at radius 3 is 2.62 bits per heavy atom. The van der Waals surface area contributed by atoms with Gasteiger partial charge in [0.2, 0.25) is 0 Å². The van der Waals surface area contributed by atoms with E-state index >= 15 is 0 Å². The third kappa shape index (κ3) is 4.03. The number of aryl methyl sites for hydroxylation is 2. The molecule has 2 aromatic heterocycles. The number of pyridine rings is 1. The maximum atomic E-state index is 12.6. The lowest BCUT2D eigenvalue weighted by atomic mass is 9.90. The number of rotatable bonds is 5. The van der Waals surface area contributed by atoms with Crippen molar-refractivity contribution in [2.75, 3.05) is 18.0 Å². The van der Waals surface area contributed by atoms with Crippen LogP contribution in [0.1, 0.15) is 30.5 Å². The molecule has 0 aliphatic carbocycles. The molecule has 0 spiro atoms. The van der Waals surface area contributed by atoms with Crippen molar-refractivity contribution in [1.29, 1.82) is 0 Å². The van der Waals surface area contributed by atoms with Gasteiger partial charge in [-0.3, -0.25) is 4.98 Å². The molecule has 1 saturated heterocycles. The standard InChI is InChI=1S/C21H24F2N4O2/c1-13-11-18(16-12-15(29-21(22)23)3-4-17(16)25-13)27-8-5-14(6-9-27)19(28)20-24-7-10-26(20)2/h3-4,7,10-12,14,19,21,28H,5-6,8-9H2,1-2H3. The molecule has 3 aromatic rings. The van der Waals surface area contributed by atoms with Crippen LogP contribution in [0.3, 0.4) is 0 Å². The van der Waals surface area contributed by atoms with Crippen molar-refractivity contribution >= 4 is 16.6 Å². The van der Waals surface area contributed by atoms with Crippen LogP contribution in [-0.4, -0.2) is 39.3 Å². The van der Waals surface area contributed by atoms with Gasteiger partial charge in [0, 0.05) is 49.3 Å². The number of halogens is 2. The maximum Gasteiger partial charge on any atom is 0.387 e. The second kappa shape index (κ2) is 7.94. The molecule has 1 aliphatic rings. The number of imidazole rings is 1. The van der Waals surface area contributed by atoms with Gasteiger partial charge in [0.25, 0.3) is 0 Å². The van der Waals surface area contributed by atoms with E-state index in [1.54, 1.807) is 18.3 Å². The summed E-state index contributed by atoms with van der Waals surface area (Å²) >= 11 is 0. The van der Waals surface area contributed by atoms with Crippen LogP contribution in [0.2, 0.25) is 0 Å². The Kier molecular flexibility index (Phi) is 5.36. The summed E-state index contributed by atoms with van der Waals surface area (Å²) in [4.78, 5) is 11.0. The summed E-state index contributed by atoms with van der Waals surface area (Å²) in [6, 6.07) is 6.82. The van der Waals surface area contributed by atoms with E-state index in [1.807, 2.05) is 30.8 Å². The number of aromatic nitrogens is 3. The Balaban J connectivity index is 1.56. The fourth-order valence-corrected chi connectivity index (χ4v) is 4.08. The van der Waals surface area contributed by atoms with E-state index in [-0.39, 0.29) is 11.7 Å². The van der Waals surface area contributed by atoms with Crippen LogP contribution in [0.5, 0.6) is 5.75 Å². The number of anilines is 1. The average molecular weight is 402 g/mol. The van der Waals surface area contributed by atoms with Crippen LogP contribution in [0.15, 0.2) is 36.7 Å². The molecule has 154 valence electrons. The van der Waals surface area contributed by atoms with Gasteiger partial charge in [0.1, 0.15) is 17.7 Å². The molecule has 0 bridgehead atoms. The lowest BCUT2D eigenvalue weighted by Gasteiger charge is -2.36. The third-order valence-corrected chi connectivity index (χ3v) is 5.56. The van der Waals surface area contributed by atoms with Gasteiger partial charge < -0.3 is 19.3 Å².